The molecular weight excluding hydrogens is 486 g/mol. The Kier molecular flexibility index (Phi) is 10.0. The zero-order chi connectivity index (χ0) is 27.0. The summed E-state index contributed by atoms with van der Waals surface area (Å²) in [5.41, 5.74) is -1.00. The number of nitrogens with zero attached hydrogens (tertiary/aromatic N) is 4. The van der Waals surface area contributed by atoms with Gasteiger partial charge in [0.25, 0.3) is 5.91 Å². The van der Waals surface area contributed by atoms with Crippen molar-refractivity contribution in [1.29, 1.82) is 0 Å². The highest BCUT2D eigenvalue weighted by molar-refractivity contribution is 5.93. The van der Waals surface area contributed by atoms with Gasteiger partial charge in [-0.05, 0) is 63.2 Å². The van der Waals surface area contributed by atoms with E-state index in [0.29, 0.717) is 16.6 Å². The summed E-state index contributed by atoms with van der Waals surface area (Å²) in [5, 5.41) is 6.80. The van der Waals surface area contributed by atoms with Crippen molar-refractivity contribution >= 4 is 11.6 Å². The molecule has 37 heavy (non-hydrogen) atoms. The minimum Gasteiger partial charge on any atom is -0.347 e. The van der Waals surface area contributed by atoms with Crippen LogP contribution in [0.2, 0.25) is 0 Å². The fraction of sp³-hybridized carbons (Fsp3) is 0.519. The predicted molar refractivity (Wildman–Crippen MR) is 136 cm³/mol. The Morgan fingerprint density at radius 1 is 1.03 bits per heavy atom. The Labute approximate surface area is 215 Å². The van der Waals surface area contributed by atoms with Crippen molar-refractivity contribution in [2.24, 2.45) is 0 Å². The van der Waals surface area contributed by atoms with Gasteiger partial charge in [0.1, 0.15) is 5.82 Å². The lowest BCUT2D eigenvalue weighted by molar-refractivity contribution is -0.142. The molecule has 3 aromatic rings. The fourth-order valence-corrected chi connectivity index (χ4v) is 4.25. The second kappa shape index (κ2) is 13.0. The predicted octanol–water partition coefficient (Wildman–Crippen LogP) is 6.35. The lowest BCUT2D eigenvalue weighted by atomic mass is 10.1. The molecule has 1 N–H and O–H groups in total. The molecule has 0 saturated heterocycles. The number of carbonyl (C=O) groups is 1. The van der Waals surface area contributed by atoms with E-state index >= 15 is 0 Å². The van der Waals surface area contributed by atoms with Crippen LogP contribution >= 0.6 is 0 Å². The third-order valence-electron chi connectivity index (χ3n) is 6.16. The zero-order valence-electron chi connectivity index (χ0n) is 21.6. The minimum absolute atomic E-state index is 0.00912. The van der Waals surface area contributed by atoms with Crippen molar-refractivity contribution in [2.45, 2.75) is 71.5 Å². The number of nitrogens with one attached hydrogen (secondary N) is 1. The van der Waals surface area contributed by atoms with Crippen molar-refractivity contribution in [3.63, 3.8) is 0 Å². The summed E-state index contributed by atoms with van der Waals surface area (Å²) < 4.78 is 55.5. The van der Waals surface area contributed by atoms with Crippen LogP contribution in [0.15, 0.2) is 36.4 Å². The molecule has 0 spiro atoms. The molecule has 0 aliphatic heterocycles. The summed E-state index contributed by atoms with van der Waals surface area (Å²) in [5.74, 6) is -1.07. The molecule has 1 amide bonds. The van der Waals surface area contributed by atoms with E-state index < -0.39 is 23.6 Å². The minimum atomic E-state index is -4.74. The number of unbranched alkanes of at least 4 members (excludes halogenated alkanes) is 4. The lowest BCUT2D eigenvalue weighted by Gasteiger charge is -2.26. The Morgan fingerprint density at radius 3 is 2.22 bits per heavy atom. The zero-order valence-corrected chi connectivity index (χ0v) is 21.6. The fourth-order valence-electron chi connectivity index (χ4n) is 4.25. The average molecular weight is 522 g/mol. The van der Waals surface area contributed by atoms with Gasteiger partial charge in [-0.1, -0.05) is 39.5 Å². The van der Waals surface area contributed by atoms with Crippen molar-refractivity contribution < 1.29 is 22.4 Å². The van der Waals surface area contributed by atoms with Crippen LogP contribution in [0, 0.1) is 5.82 Å². The smallest absolute Gasteiger partial charge is 0.347 e. The standard InChI is InChI=1S/C27H35F4N5O/c1-4-6-8-14-35(15-9-7-5-2)18-19(3)32-26(37)23-17-25-33-22(20-10-12-21(28)13-11-20)16-24(27(29,30)31)36(25)34-23/h10-13,16-17,19H,4-9,14-15,18H2,1-3H3,(H,32,37). The van der Waals surface area contributed by atoms with Gasteiger partial charge in [0.2, 0.25) is 0 Å². The van der Waals surface area contributed by atoms with Crippen LogP contribution in [0.3, 0.4) is 0 Å². The molecule has 1 atom stereocenters. The molecule has 6 nitrogen and oxygen atoms in total. The number of aromatic nitrogens is 3. The molecular formula is C27H35F4N5O. The molecule has 0 aliphatic carbocycles. The maximum Gasteiger partial charge on any atom is 0.433 e. The van der Waals surface area contributed by atoms with Crippen LogP contribution < -0.4 is 5.32 Å². The first kappa shape index (κ1) is 28.6. The van der Waals surface area contributed by atoms with E-state index in [2.05, 4.69) is 34.1 Å². The van der Waals surface area contributed by atoms with Gasteiger partial charge in [-0.3, -0.25) is 4.79 Å². The second-order valence-corrected chi connectivity index (χ2v) is 9.42. The topological polar surface area (TPSA) is 62.5 Å². The van der Waals surface area contributed by atoms with Gasteiger partial charge in [-0.15, -0.1) is 0 Å². The number of hydrogen-bond acceptors (Lipinski definition) is 4. The van der Waals surface area contributed by atoms with Crippen molar-refractivity contribution in [2.75, 3.05) is 19.6 Å². The number of fused-ring (bicyclic) bond motifs is 1. The van der Waals surface area contributed by atoms with Gasteiger partial charge in [-0.2, -0.15) is 18.3 Å². The molecule has 2 aromatic heterocycles. The highest BCUT2D eigenvalue weighted by Gasteiger charge is 2.35. The van der Waals surface area contributed by atoms with E-state index in [9.17, 15) is 22.4 Å². The molecule has 1 unspecified atom stereocenters. The Bertz CT molecular complexity index is 1150. The first-order valence-corrected chi connectivity index (χ1v) is 12.9. The molecule has 0 fully saturated rings. The lowest BCUT2D eigenvalue weighted by Crippen LogP contribution is -2.42. The molecule has 0 aliphatic rings. The van der Waals surface area contributed by atoms with Crippen LogP contribution in [-0.4, -0.2) is 51.1 Å². The summed E-state index contributed by atoms with van der Waals surface area (Å²) in [6.45, 7) is 8.72. The van der Waals surface area contributed by atoms with Gasteiger partial charge in [0, 0.05) is 24.2 Å². The number of alkyl halides is 3. The SMILES string of the molecule is CCCCCN(CCCCC)CC(C)NC(=O)c1cc2nc(-c3ccc(F)cc3)cc(C(F)(F)F)n2n1. The molecule has 10 heteroatoms. The van der Waals surface area contributed by atoms with Crippen molar-refractivity contribution in [1.82, 2.24) is 24.8 Å². The van der Waals surface area contributed by atoms with Gasteiger partial charge in [0.15, 0.2) is 17.0 Å². The third kappa shape index (κ3) is 7.99. The summed E-state index contributed by atoms with van der Waals surface area (Å²) in [6, 6.07) is 6.88. The number of rotatable bonds is 13. The van der Waals surface area contributed by atoms with Crippen LogP contribution in [-0.2, 0) is 6.18 Å². The van der Waals surface area contributed by atoms with Crippen LogP contribution in [0.5, 0.6) is 0 Å². The highest BCUT2D eigenvalue weighted by atomic mass is 19.4. The normalized spacial score (nSPS) is 12.9. The van der Waals surface area contributed by atoms with Gasteiger partial charge < -0.3 is 10.2 Å². The Morgan fingerprint density at radius 2 is 1.65 bits per heavy atom. The average Bonchev–Trinajstić information content (AvgIpc) is 3.28. The molecule has 0 radical (unpaired) electrons. The first-order chi connectivity index (χ1) is 17.6. The number of carbonyl (C=O) groups excluding carboxylic acids is 1. The molecule has 0 bridgehead atoms. The third-order valence-corrected chi connectivity index (χ3v) is 6.16. The summed E-state index contributed by atoms with van der Waals surface area (Å²) in [6.07, 6.45) is 1.96. The van der Waals surface area contributed by atoms with Crippen molar-refractivity contribution in [3.05, 3.63) is 53.6 Å². The highest BCUT2D eigenvalue weighted by Crippen LogP contribution is 2.32. The number of halogens is 4. The van der Waals surface area contributed by atoms with E-state index in [1.807, 2.05) is 6.92 Å². The van der Waals surface area contributed by atoms with E-state index in [1.54, 1.807) is 0 Å². The maximum absolute atomic E-state index is 13.8. The quantitative estimate of drug-likeness (QED) is 0.210. The van der Waals surface area contributed by atoms with E-state index in [4.69, 9.17) is 0 Å². The first-order valence-electron chi connectivity index (χ1n) is 12.9. The van der Waals surface area contributed by atoms with Gasteiger partial charge in [-0.25, -0.2) is 13.9 Å². The second-order valence-electron chi connectivity index (χ2n) is 9.42. The van der Waals surface area contributed by atoms with E-state index in [0.717, 1.165) is 69.8 Å². The molecule has 1 aromatic carbocycles. The maximum atomic E-state index is 13.8. The van der Waals surface area contributed by atoms with Crippen LogP contribution in [0.4, 0.5) is 17.6 Å². The molecule has 0 saturated carbocycles. The Hall–Kier alpha value is -3.01. The Balaban J connectivity index is 1.80. The largest absolute Gasteiger partial charge is 0.433 e. The summed E-state index contributed by atoms with van der Waals surface area (Å²) in [4.78, 5) is 19.5. The summed E-state index contributed by atoms with van der Waals surface area (Å²) in [7, 11) is 0. The number of hydrogen-bond donors (Lipinski definition) is 1. The number of amides is 1. The number of benzene rings is 1. The van der Waals surface area contributed by atoms with Gasteiger partial charge >= 0.3 is 6.18 Å². The molecule has 3 rings (SSSR count). The van der Waals surface area contributed by atoms with Crippen LogP contribution in [0.1, 0.15) is 75.5 Å². The van der Waals surface area contributed by atoms with E-state index in [1.165, 1.54) is 18.2 Å². The van der Waals surface area contributed by atoms with Gasteiger partial charge in [0.05, 0.1) is 5.69 Å². The monoisotopic (exact) mass is 521 g/mol. The molecule has 202 valence electrons. The summed E-state index contributed by atoms with van der Waals surface area (Å²) >= 11 is 0. The molecule has 2 heterocycles. The van der Waals surface area contributed by atoms with Crippen molar-refractivity contribution in [3.8, 4) is 11.3 Å². The van der Waals surface area contributed by atoms with Crippen LogP contribution in [0.25, 0.3) is 16.9 Å². The van der Waals surface area contributed by atoms with E-state index in [-0.39, 0.29) is 23.1 Å².